The monoisotopic (exact) mass is 307 g/mol. The van der Waals surface area contributed by atoms with Gasteiger partial charge in [-0.15, -0.1) is 6.07 Å². The van der Waals surface area contributed by atoms with Crippen molar-refractivity contribution in [2.24, 2.45) is 0 Å². The van der Waals surface area contributed by atoms with Crippen LogP contribution in [-0.4, -0.2) is 26.3 Å². The molecule has 0 radical (unpaired) electrons. The first-order valence-electron chi connectivity index (χ1n) is 6.53. The Labute approximate surface area is 135 Å². The van der Waals surface area contributed by atoms with Gasteiger partial charge in [0.1, 0.15) is 0 Å². The van der Waals surface area contributed by atoms with Gasteiger partial charge in [-0.1, -0.05) is 36.7 Å². The maximum Gasteiger partial charge on any atom is 1.00 e. The number of aromatic nitrogens is 1. The molecule has 20 heavy (non-hydrogen) atoms. The molecule has 0 atom stereocenters. The Morgan fingerprint density at radius 3 is 2.10 bits per heavy atom. The average Bonchev–Trinajstić information content (AvgIpc) is 2.28. The fourth-order valence-electron chi connectivity index (χ4n) is 1.94. The number of pyridine rings is 1. The van der Waals surface area contributed by atoms with Crippen LogP contribution in [0.5, 0.6) is 0 Å². The summed E-state index contributed by atoms with van der Waals surface area (Å²) in [5.74, 6) is 0. The molecule has 0 spiro atoms. The molecule has 1 rings (SSSR count). The molecule has 1 aromatic heterocycles. The minimum atomic E-state index is -3.26. The van der Waals surface area contributed by atoms with Crippen LogP contribution in [0.4, 0.5) is 0 Å². The van der Waals surface area contributed by atoms with E-state index in [9.17, 15) is 4.57 Å². The van der Waals surface area contributed by atoms with Crippen LogP contribution in [-0.2, 0) is 13.6 Å². The van der Waals surface area contributed by atoms with Crippen LogP contribution in [0.3, 0.4) is 0 Å². The van der Waals surface area contributed by atoms with Gasteiger partial charge in [-0.25, -0.2) is 0 Å². The van der Waals surface area contributed by atoms with E-state index in [1.807, 2.05) is 32.0 Å². The molecule has 4 nitrogen and oxygen atoms in total. The van der Waals surface area contributed by atoms with Gasteiger partial charge < -0.3 is 9.05 Å². The molecule has 0 N–H and O–H groups in total. The second-order valence-corrected chi connectivity index (χ2v) is 12.5. The summed E-state index contributed by atoms with van der Waals surface area (Å²) in [4.78, 5) is 4.34. The molecule has 0 saturated carbocycles. The maximum atomic E-state index is 13.1. The number of hydrogen-bond donors (Lipinski definition) is 0. The first-order valence-corrected chi connectivity index (χ1v) is 11.6. The summed E-state index contributed by atoms with van der Waals surface area (Å²) in [5, 5.41) is 0.768. The van der Waals surface area contributed by atoms with E-state index < -0.39 is 15.7 Å². The van der Waals surface area contributed by atoms with Gasteiger partial charge >= 0.3 is 18.9 Å². The summed E-state index contributed by atoms with van der Waals surface area (Å²) >= 11 is 0. The predicted octanol–water partition coefficient (Wildman–Crippen LogP) is 1.11. The van der Waals surface area contributed by atoms with Gasteiger partial charge in [-0.2, -0.15) is 6.07 Å². The third-order valence-electron chi connectivity index (χ3n) is 2.49. The molecule has 0 aliphatic rings. The normalized spacial score (nSPS) is 11.8. The second kappa shape index (κ2) is 8.43. The van der Waals surface area contributed by atoms with E-state index in [4.69, 9.17) is 9.05 Å². The molecule has 7 heteroatoms. The summed E-state index contributed by atoms with van der Waals surface area (Å²) in [6, 6.07) is 5.61. The van der Waals surface area contributed by atoms with Crippen molar-refractivity contribution in [3.63, 3.8) is 0 Å². The zero-order valence-electron chi connectivity index (χ0n) is 13.3. The summed E-state index contributed by atoms with van der Waals surface area (Å²) in [5.41, 5.74) is 0.729. The smallest absolute Gasteiger partial charge is 0.318 e. The van der Waals surface area contributed by atoms with Crippen molar-refractivity contribution in [2.75, 3.05) is 13.2 Å². The molecule has 0 unspecified atom stereocenters. The van der Waals surface area contributed by atoms with Crippen LogP contribution in [0.15, 0.2) is 24.4 Å². The molecule has 108 valence electrons. The molecule has 1 aromatic rings. The largest absolute Gasteiger partial charge is 1.00 e. The van der Waals surface area contributed by atoms with Crippen LogP contribution in [0.1, 0.15) is 19.5 Å². The predicted molar refractivity (Wildman–Crippen MR) is 80.8 cm³/mol. The molecule has 0 aromatic carbocycles. The van der Waals surface area contributed by atoms with Gasteiger partial charge in [0.2, 0.25) is 0 Å². The SMILES string of the molecule is CCOP(=O)(OCC)[C-](c1ccccn1)[Si](C)(C)C.[Li+]. The molecule has 0 bridgehead atoms. The molecule has 0 aliphatic carbocycles. The van der Waals surface area contributed by atoms with Gasteiger partial charge in [-0.3, -0.25) is 9.55 Å². The molecule has 0 saturated heterocycles. The Balaban J connectivity index is 0.00000361. The fourth-order valence-corrected chi connectivity index (χ4v) is 7.96. The molecule has 0 fully saturated rings. The van der Waals surface area contributed by atoms with Crippen molar-refractivity contribution in [1.29, 1.82) is 0 Å². The van der Waals surface area contributed by atoms with E-state index in [0.717, 1.165) is 11.0 Å². The Kier molecular flexibility index (Phi) is 8.43. The van der Waals surface area contributed by atoms with Crippen molar-refractivity contribution >= 4 is 15.7 Å². The van der Waals surface area contributed by atoms with Crippen molar-refractivity contribution in [2.45, 2.75) is 33.5 Å². The standard InChI is InChI=1S/C13H23NO3PSi.Li/c1-6-16-18(15,17-7-2)13(19(3,4)5)12-10-8-9-11-14-12;/h8-11H,6-7H2,1-5H3;/q-1;+1. The second-order valence-electron chi connectivity index (χ2n) is 5.15. The van der Waals surface area contributed by atoms with Crippen molar-refractivity contribution < 1.29 is 32.5 Å². The van der Waals surface area contributed by atoms with E-state index in [-0.39, 0.29) is 18.9 Å². The van der Waals surface area contributed by atoms with Crippen LogP contribution in [0.2, 0.25) is 19.6 Å². The minimum Gasteiger partial charge on any atom is -0.318 e. The number of hydrogen-bond acceptors (Lipinski definition) is 4. The summed E-state index contributed by atoms with van der Waals surface area (Å²) in [6.07, 6.45) is 1.71. The Hall–Kier alpha value is -0.0157. The zero-order chi connectivity index (χ0) is 14.5. The van der Waals surface area contributed by atoms with Gasteiger partial charge in [0.15, 0.2) is 0 Å². The van der Waals surface area contributed by atoms with Gasteiger partial charge in [0.25, 0.3) is 7.60 Å². The van der Waals surface area contributed by atoms with E-state index in [1.165, 1.54) is 0 Å². The third kappa shape index (κ3) is 5.07. The van der Waals surface area contributed by atoms with Crippen molar-refractivity contribution in [3.05, 3.63) is 35.4 Å². The molecule has 0 aliphatic heterocycles. The van der Waals surface area contributed by atoms with Crippen LogP contribution in [0, 0.1) is 5.28 Å². The Bertz CT molecular complexity index is 429. The Morgan fingerprint density at radius 2 is 1.75 bits per heavy atom. The summed E-state index contributed by atoms with van der Waals surface area (Å²) < 4.78 is 24.1. The van der Waals surface area contributed by atoms with Crippen LogP contribution < -0.4 is 18.9 Å². The van der Waals surface area contributed by atoms with Crippen LogP contribution in [0.25, 0.3) is 0 Å². The van der Waals surface area contributed by atoms with Gasteiger partial charge in [0.05, 0.1) is 13.2 Å². The zero-order valence-corrected chi connectivity index (χ0v) is 15.2. The van der Waals surface area contributed by atoms with E-state index in [2.05, 4.69) is 24.6 Å². The van der Waals surface area contributed by atoms with Crippen LogP contribution >= 0.6 is 7.60 Å². The first-order chi connectivity index (χ1) is 8.85. The topological polar surface area (TPSA) is 48.4 Å². The number of nitrogens with zero attached hydrogens (tertiary/aromatic N) is 1. The van der Waals surface area contributed by atoms with E-state index in [1.54, 1.807) is 6.20 Å². The summed E-state index contributed by atoms with van der Waals surface area (Å²) in [7, 11) is -5.15. The summed E-state index contributed by atoms with van der Waals surface area (Å²) in [6.45, 7) is 10.7. The average molecular weight is 307 g/mol. The molecular weight excluding hydrogens is 284 g/mol. The molecule has 1 heterocycles. The maximum absolute atomic E-state index is 13.1. The Morgan fingerprint density at radius 1 is 1.20 bits per heavy atom. The molecule has 0 amide bonds. The quantitative estimate of drug-likeness (QED) is 0.430. The fraction of sp³-hybridized carbons (Fsp3) is 0.538. The van der Waals surface area contributed by atoms with E-state index >= 15 is 0 Å². The minimum absolute atomic E-state index is 0. The third-order valence-corrected chi connectivity index (χ3v) is 8.97. The number of rotatable bonds is 7. The van der Waals surface area contributed by atoms with Gasteiger partial charge in [0, 0.05) is 14.3 Å². The molecular formula is C13H23LiNO3PSi. The van der Waals surface area contributed by atoms with Crippen molar-refractivity contribution in [1.82, 2.24) is 4.98 Å². The van der Waals surface area contributed by atoms with Crippen molar-refractivity contribution in [3.8, 4) is 0 Å². The van der Waals surface area contributed by atoms with E-state index in [0.29, 0.717) is 13.2 Å². The first kappa shape index (κ1) is 20.0. The van der Waals surface area contributed by atoms with Gasteiger partial charge in [-0.05, 0) is 13.8 Å².